The fourth-order valence-corrected chi connectivity index (χ4v) is 3.96. The first-order valence-electron chi connectivity index (χ1n) is 6.79. The topological polar surface area (TPSA) is 42.1 Å². The van der Waals surface area contributed by atoms with Gasteiger partial charge in [0.25, 0.3) is 0 Å². The van der Waals surface area contributed by atoms with Gasteiger partial charge in [-0.05, 0) is 42.7 Å². The van der Waals surface area contributed by atoms with Crippen molar-refractivity contribution in [2.24, 2.45) is 16.7 Å². The highest BCUT2D eigenvalue weighted by Gasteiger charge is 2.62. The molecule has 0 amide bonds. The van der Waals surface area contributed by atoms with Gasteiger partial charge in [0.1, 0.15) is 11.8 Å². The van der Waals surface area contributed by atoms with Crippen LogP contribution in [-0.2, 0) is 4.74 Å². The lowest BCUT2D eigenvalue weighted by Gasteiger charge is -2.38. The van der Waals surface area contributed by atoms with Crippen LogP contribution in [0.4, 0.5) is 0 Å². The third kappa shape index (κ3) is 1.39. The van der Waals surface area contributed by atoms with Crippen LogP contribution in [0.1, 0.15) is 50.5 Å². The van der Waals surface area contributed by atoms with Crippen LogP contribution >= 0.6 is 0 Å². The molecule has 0 radical (unpaired) electrons. The minimum Gasteiger partial charge on any atom is -0.457 e. The van der Waals surface area contributed by atoms with E-state index in [2.05, 4.69) is 25.8 Å². The summed E-state index contributed by atoms with van der Waals surface area (Å²) in [5, 5.41) is 0. The number of hydrogen-bond acceptors (Lipinski definition) is 2. The van der Waals surface area contributed by atoms with E-state index in [1.54, 1.807) is 12.3 Å². The van der Waals surface area contributed by atoms with Crippen molar-refractivity contribution in [3.63, 3.8) is 0 Å². The van der Waals surface area contributed by atoms with Crippen molar-refractivity contribution in [3.8, 4) is 0 Å². The molecule has 3 rings (SSSR count). The summed E-state index contributed by atoms with van der Waals surface area (Å²) < 4.78 is 5.76. The zero-order valence-electron chi connectivity index (χ0n) is 11.3. The van der Waals surface area contributed by atoms with E-state index < -0.39 is 0 Å². The lowest BCUT2D eigenvalue weighted by Crippen LogP contribution is -2.38. The number of hydrogen-bond donors (Lipinski definition) is 1. The predicted molar refractivity (Wildman–Crippen MR) is 69.2 cm³/mol. The number of aromatic amines is 1. The summed E-state index contributed by atoms with van der Waals surface area (Å²) in [6.45, 7) is 6.94. The molecule has 0 aromatic carbocycles. The molecule has 2 fully saturated rings. The van der Waals surface area contributed by atoms with Crippen molar-refractivity contribution in [2.75, 3.05) is 0 Å². The molecule has 3 heteroatoms. The summed E-state index contributed by atoms with van der Waals surface area (Å²) in [5.74, 6) is 0.485. The van der Waals surface area contributed by atoms with Crippen LogP contribution in [0.5, 0.6) is 0 Å². The monoisotopic (exact) mass is 247 g/mol. The van der Waals surface area contributed by atoms with Crippen LogP contribution in [0.25, 0.3) is 0 Å². The smallest absolute Gasteiger partial charge is 0.355 e. The zero-order chi connectivity index (χ0) is 13.0. The molecule has 2 saturated carbocycles. The fourth-order valence-electron chi connectivity index (χ4n) is 3.96. The van der Waals surface area contributed by atoms with Crippen LogP contribution in [0.3, 0.4) is 0 Å². The molecule has 2 bridgehead atoms. The number of H-pyrrole nitrogens is 1. The SMILES string of the molecule is CC1(C)C2CCC1(C)C(OC(=O)c1ccc[nH]1)C2. The molecular formula is C15H21NO2. The van der Waals surface area contributed by atoms with Crippen molar-refractivity contribution < 1.29 is 9.53 Å². The number of nitrogens with one attached hydrogen (secondary N) is 1. The number of aromatic nitrogens is 1. The molecule has 98 valence electrons. The Hall–Kier alpha value is -1.25. The van der Waals surface area contributed by atoms with Gasteiger partial charge in [0.2, 0.25) is 0 Å². The molecule has 3 atom stereocenters. The Morgan fingerprint density at radius 3 is 2.72 bits per heavy atom. The standard InChI is InChI=1S/C15H21NO2/c1-14(2)10-6-7-15(14,3)12(9-10)18-13(17)11-5-4-8-16-11/h4-5,8,10,12,16H,6-7,9H2,1-3H3. The maximum Gasteiger partial charge on any atom is 0.355 e. The Morgan fingerprint density at radius 2 is 2.22 bits per heavy atom. The Labute approximate surface area is 108 Å². The number of rotatable bonds is 2. The average Bonchev–Trinajstić information content (AvgIpc) is 2.95. The molecule has 0 aliphatic heterocycles. The summed E-state index contributed by atoms with van der Waals surface area (Å²) >= 11 is 0. The molecule has 3 nitrogen and oxygen atoms in total. The molecule has 1 aromatic rings. The van der Waals surface area contributed by atoms with Gasteiger partial charge in [-0.15, -0.1) is 0 Å². The van der Waals surface area contributed by atoms with Gasteiger partial charge in [-0.3, -0.25) is 0 Å². The van der Waals surface area contributed by atoms with Crippen molar-refractivity contribution in [2.45, 2.75) is 46.1 Å². The van der Waals surface area contributed by atoms with Gasteiger partial charge < -0.3 is 9.72 Å². The summed E-state index contributed by atoms with van der Waals surface area (Å²) in [5.41, 5.74) is 0.979. The van der Waals surface area contributed by atoms with Crippen LogP contribution in [0.15, 0.2) is 18.3 Å². The van der Waals surface area contributed by atoms with Gasteiger partial charge in [0.15, 0.2) is 0 Å². The van der Waals surface area contributed by atoms with E-state index in [1.165, 1.54) is 12.8 Å². The number of ether oxygens (including phenoxy) is 1. The lowest BCUT2D eigenvalue weighted by atomic mass is 9.70. The van der Waals surface area contributed by atoms with Gasteiger partial charge in [-0.25, -0.2) is 4.79 Å². The van der Waals surface area contributed by atoms with Crippen molar-refractivity contribution in [3.05, 3.63) is 24.0 Å². The van der Waals surface area contributed by atoms with Crippen molar-refractivity contribution in [1.29, 1.82) is 0 Å². The van der Waals surface area contributed by atoms with Gasteiger partial charge in [0, 0.05) is 11.6 Å². The molecular weight excluding hydrogens is 226 g/mol. The summed E-state index contributed by atoms with van der Waals surface area (Å²) in [6, 6.07) is 3.59. The van der Waals surface area contributed by atoms with Crippen molar-refractivity contribution >= 4 is 5.97 Å². The number of fused-ring (bicyclic) bond motifs is 2. The van der Waals surface area contributed by atoms with Gasteiger partial charge in [-0.1, -0.05) is 20.8 Å². The highest BCUT2D eigenvalue weighted by atomic mass is 16.5. The Morgan fingerprint density at radius 1 is 1.44 bits per heavy atom. The second kappa shape index (κ2) is 3.62. The lowest BCUT2D eigenvalue weighted by molar-refractivity contribution is -0.0246. The van der Waals surface area contributed by atoms with E-state index >= 15 is 0 Å². The quantitative estimate of drug-likeness (QED) is 0.814. The molecule has 3 unspecified atom stereocenters. The van der Waals surface area contributed by atoms with E-state index in [0.29, 0.717) is 11.6 Å². The molecule has 2 aliphatic carbocycles. The first-order chi connectivity index (χ1) is 8.45. The first kappa shape index (κ1) is 11.8. The Kier molecular flexibility index (Phi) is 2.38. The summed E-state index contributed by atoms with van der Waals surface area (Å²) in [4.78, 5) is 15.0. The third-order valence-electron chi connectivity index (χ3n) is 5.78. The second-order valence-electron chi connectivity index (χ2n) is 6.59. The fraction of sp³-hybridized carbons (Fsp3) is 0.667. The van der Waals surface area contributed by atoms with Crippen LogP contribution in [0, 0.1) is 16.7 Å². The number of carbonyl (C=O) groups excluding carboxylic acids is 1. The highest BCUT2D eigenvalue weighted by Crippen LogP contribution is 2.66. The third-order valence-corrected chi connectivity index (χ3v) is 5.78. The highest BCUT2D eigenvalue weighted by molar-refractivity contribution is 5.87. The van der Waals surface area contributed by atoms with Crippen LogP contribution in [-0.4, -0.2) is 17.1 Å². The molecule has 18 heavy (non-hydrogen) atoms. The van der Waals surface area contributed by atoms with Gasteiger partial charge >= 0.3 is 5.97 Å². The minimum absolute atomic E-state index is 0.0713. The number of esters is 1. The van der Waals surface area contributed by atoms with Crippen LogP contribution < -0.4 is 0 Å². The molecule has 1 heterocycles. The maximum absolute atomic E-state index is 12.0. The summed E-state index contributed by atoms with van der Waals surface area (Å²) in [7, 11) is 0. The molecule has 0 saturated heterocycles. The van der Waals surface area contributed by atoms with Crippen molar-refractivity contribution in [1.82, 2.24) is 4.98 Å². The minimum atomic E-state index is -0.213. The maximum atomic E-state index is 12.0. The molecule has 1 N–H and O–H groups in total. The second-order valence-corrected chi connectivity index (χ2v) is 6.59. The van der Waals surface area contributed by atoms with Gasteiger partial charge in [0.05, 0.1) is 0 Å². The normalized spacial score (nSPS) is 36.8. The average molecular weight is 247 g/mol. The first-order valence-corrected chi connectivity index (χ1v) is 6.79. The molecule has 0 spiro atoms. The van der Waals surface area contributed by atoms with E-state index in [1.807, 2.05) is 6.07 Å². The Balaban J connectivity index is 1.78. The van der Waals surface area contributed by atoms with E-state index in [4.69, 9.17) is 4.74 Å². The zero-order valence-corrected chi connectivity index (χ0v) is 11.3. The summed E-state index contributed by atoms with van der Waals surface area (Å²) in [6.07, 6.45) is 5.30. The van der Waals surface area contributed by atoms with E-state index in [0.717, 1.165) is 6.42 Å². The molecule has 1 aromatic heterocycles. The predicted octanol–water partition coefficient (Wildman–Crippen LogP) is 3.39. The largest absolute Gasteiger partial charge is 0.457 e. The molecule has 2 aliphatic rings. The van der Waals surface area contributed by atoms with E-state index in [-0.39, 0.29) is 22.9 Å². The van der Waals surface area contributed by atoms with Crippen LogP contribution in [0.2, 0.25) is 0 Å². The van der Waals surface area contributed by atoms with Gasteiger partial charge in [-0.2, -0.15) is 0 Å². The Bertz CT molecular complexity index is 463. The van der Waals surface area contributed by atoms with E-state index in [9.17, 15) is 4.79 Å². The number of carbonyl (C=O) groups is 1.